The number of imide groups is 4. The topological polar surface area (TPSA) is 430 Å². The Morgan fingerprint density at radius 3 is 1.04 bits per heavy atom. The monoisotopic (exact) mass is 2090 g/mol. The van der Waals surface area contributed by atoms with Crippen LogP contribution in [0.25, 0.3) is 44.1 Å². The first-order valence-electron chi connectivity index (χ1n) is 50.4. The van der Waals surface area contributed by atoms with Gasteiger partial charge in [-0.2, -0.15) is 9.90 Å². The van der Waals surface area contributed by atoms with Gasteiger partial charge in [-0.1, -0.05) is 68.0 Å². The van der Waals surface area contributed by atoms with Gasteiger partial charge >= 0.3 is 41.0 Å². The molecule has 8 fully saturated rings. The zero-order chi connectivity index (χ0) is 105. The summed E-state index contributed by atoms with van der Waals surface area (Å²) in [6.07, 6.45) is 21.7. The highest BCUT2D eigenvalue weighted by atomic mass is 79.9. The molecule has 8 heterocycles. The van der Waals surface area contributed by atoms with Crippen molar-refractivity contribution in [1.29, 1.82) is 0 Å². The van der Waals surface area contributed by atoms with E-state index in [0.717, 1.165) is 140 Å². The van der Waals surface area contributed by atoms with E-state index in [0.29, 0.717) is 119 Å². The van der Waals surface area contributed by atoms with Crippen molar-refractivity contribution in [3.05, 3.63) is 136 Å². The molecule has 4 aliphatic carbocycles. The zero-order valence-electron chi connectivity index (χ0n) is 86.6. The lowest BCUT2D eigenvalue weighted by atomic mass is 10.0. The number of imidazole rings is 4. The molecule has 8 aliphatic rings. The Balaban J connectivity index is 0.000000189. The maximum atomic E-state index is 13.0. The quantitative estimate of drug-likeness (QED) is 0.00822. The molecular weight excluding hydrogens is 1950 g/mol. The Morgan fingerprint density at radius 1 is 0.400 bits per heavy atom. The second-order valence-electron chi connectivity index (χ2n) is 40.0. The van der Waals surface area contributed by atoms with E-state index in [1.54, 1.807) is 60.4 Å². The number of benzene rings is 4. The fourth-order valence-corrected chi connectivity index (χ4v) is 18.4. The summed E-state index contributed by atoms with van der Waals surface area (Å²) in [5, 5.41) is 12.8. The number of terminal acetylenes is 1. The summed E-state index contributed by atoms with van der Waals surface area (Å²) in [6, 6.07) is 21.3. The molecule has 4 saturated heterocycles. The van der Waals surface area contributed by atoms with Crippen molar-refractivity contribution in [2.24, 2.45) is 28.2 Å². The van der Waals surface area contributed by atoms with Gasteiger partial charge in [-0.15, -0.1) is 6.42 Å². The number of aryl methyl sites for hydroxylation is 6. The Hall–Kier alpha value is -11.8. The summed E-state index contributed by atoms with van der Waals surface area (Å²) in [4.78, 5) is 189. The van der Waals surface area contributed by atoms with Crippen LogP contribution in [-0.4, -0.2) is 237 Å². The van der Waals surface area contributed by atoms with Crippen LogP contribution in [0.2, 0.25) is 0 Å². The third-order valence-corrected chi connectivity index (χ3v) is 25.7. The summed E-state index contributed by atoms with van der Waals surface area (Å²) in [7, 11) is 6.76. The van der Waals surface area contributed by atoms with Crippen LogP contribution in [0.3, 0.4) is 0 Å². The average Bonchev–Trinajstić information content (AvgIpc) is 1.62. The van der Waals surface area contributed by atoms with Gasteiger partial charge in [-0.3, -0.25) is 96.2 Å². The fourth-order valence-electron chi connectivity index (χ4n) is 17.8. The largest absolute Gasteiger partial charge is 0.444 e. The van der Waals surface area contributed by atoms with Crippen LogP contribution in [-0.2, 0) is 113 Å². The third-order valence-electron chi connectivity index (χ3n) is 25.1. The van der Waals surface area contributed by atoms with Gasteiger partial charge in [0, 0.05) is 142 Å². The molecule has 4 aliphatic heterocycles. The van der Waals surface area contributed by atoms with Crippen LogP contribution in [0.5, 0.6) is 0 Å². The van der Waals surface area contributed by atoms with E-state index in [1.807, 2.05) is 141 Å². The lowest BCUT2D eigenvalue weighted by Gasteiger charge is -2.27. The normalized spacial score (nSPS) is 17.8. The van der Waals surface area contributed by atoms with Gasteiger partial charge in [-0.05, 0) is 261 Å². The fraction of sp³-hybridized carbons (Fsp3) is 0.590. The SMILES string of the molecule is C#CCOCCCN(C(=O)OC(C)(C)C)C1CC1.CC.Cn1c(=O)n(C2CCC(=O)NC2=O)c2cccc(Br)c21.Cn1c(=O)n(C2CCC(=O)NC2=O)c2cccc(C#CCOCCCN(C(=O)OC(C)(C)C)C3CC3)c21.Cn1c(=O)n(C2CCC(=O)NC2=O)c2cccc(CCCOCCCN(C(=O)OC(C)(C)C)C3CC3)c21.Cn1c(=O)n(C2CCC(=O)NC2=O)c2cccc(CCCOCCCNC3CC3)c21.P. The van der Waals surface area contributed by atoms with Gasteiger partial charge in [0.2, 0.25) is 47.3 Å². The van der Waals surface area contributed by atoms with E-state index in [2.05, 4.69) is 60.3 Å². The number of nitrogens with zero attached hydrogens (tertiary/aromatic N) is 11. The molecule has 145 heavy (non-hydrogen) atoms. The Morgan fingerprint density at radius 2 is 0.703 bits per heavy atom. The Labute approximate surface area is 857 Å². The van der Waals surface area contributed by atoms with E-state index in [-0.39, 0.29) is 125 Å². The number of para-hydroxylation sites is 4. The lowest BCUT2D eigenvalue weighted by molar-refractivity contribution is -0.137. The van der Waals surface area contributed by atoms with Gasteiger partial charge in [-0.25, -0.2) is 33.6 Å². The second-order valence-corrected chi connectivity index (χ2v) is 40.8. The minimum Gasteiger partial charge on any atom is -0.444 e. The van der Waals surface area contributed by atoms with Crippen molar-refractivity contribution < 1.29 is 85.9 Å². The number of carbonyl (C=O) groups is 11. The van der Waals surface area contributed by atoms with Crippen molar-refractivity contribution in [2.75, 3.05) is 79.0 Å². The maximum Gasteiger partial charge on any atom is 0.410 e. The van der Waals surface area contributed by atoms with E-state index >= 15 is 0 Å². The van der Waals surface area contributed by atoms with Crippen LogP contribution in [0.15, 0.2) is 96.4 Å². The third kappa shape index (κ3) is 31.8. The van der Waals surface area contributed by atoms with Crippen LogP contribution in [0.4, 0.5) is 14.4 Å². The standard InChI is InChI=1S/C27H38N4O6.C27H34N4O6.C22H30N4O4.C14H23NO3.C13H12BrN3O3.C2H6.H3P/c2*1-27(2,3)37-26(35)30(19-11-12-19)15-7-17-36-16-6-9-18-8-5-10-20-23(18)29(4)25(34)31(20)21-13-14-22(32)28-24(21)33;1-25-20-15(6-3-13-30-14-4-12-23-16-8-9-16)5-2-7-17(20)26(22(25)29)18-10-11-19(27)24-21(18)28;1-5-10-17-11-6-9-15(12-7-8-12)13(16)18-14(2,3)4;1-16-11-7(14)3-2-4-8(11)17(13(16)20)9-5-6-10(18)15-12(9)19;1-2;/h5,8,10,19,21H,6-7,9,11-17H2,1-4H3,(H,28,32,33);5,8,10,19,21H,7,11-17H2,1-4H3,(H,28,32,33);2,5,7,16,18,23H,3-4,6,8-14H2,1H3,(H,24,27,28);1,12H,6-11H2,2-4H3;2-4,9H,5-6H2,1H3,(H,15,18,19);1-2H3;1H3. The highest BCUT2D eigenvalue weighted by Gasteiger charge is 2.41. The van der Waals surface area contributed by atoms with E-state index in [9.17, 15) is 71.9 Å². The molecule has 4 aromatic carbocycles. The van der Waals surface area contributed by atoms with Gasteiger partial charge in [0.1, 0.15) is 54.2 Å². The minimum atomic E-state index is -0.740. The van der Waals surface area contributed by atoms with Crippen molar-refractivity contribution in [3.8, 4) is 24.2 Å². The summed E-state index contributed by atoms with van der Waals surface area (Å²) >= 11 is 3.42. The molecule has 40 heteroatoms. The predicted octanol–water partition coefficient (Wildman–Crippen LogP) is 11.5. The van der Waals surface area contributed by atoms with Crippen molar-refractivity contribution in [1.82, 2.24) is 77.8 Å². The van der Waals surface area contributed by atoms with Crippen LogP contribution in [0.1, 0.15) is 258 Å². The summed E-state index contributed by atoms with van der Waals surface area (Å²) < 4.78 is 51.8. The number of rotatable bonds is 34. The molecule has 0 spiro atoms. The Kier molecular flexibility index (Phi) is 42.0. The molecule has 5 unspecified atom stereocenters. The molecule has 4 saturated carbocycles. The molecule has 38 nitrogen and oxygen atoms in total. The molecule has 0 radical (unpaired) electrons. The molecule has 5 N–H and O–H groups in total. The molecule has 790 valence electrons. The number of hydrogen-bond donors (Lipinski definition) is 5. The summed E-state index contributed by atoms with van der Waals surface area (Å²) in [5.41, 5.74) is 5.89. The molecule has 11 amide bonds. The first-order valence-corrected chi connectivity index (χ1v) is 51.2. The van der Waals surface area contributed by atoms with Gasteiger partial charge < -0.3 is 53.2 Å². The predicted molar refractivity (Wildman–Crippen MR) is 558 cm³/mol. The molecule has 0 bridgehead atoms. The van der Waals surface area contributed by atoms with Crippen molar-refractivity contribution in [3.63, 3.8) is 0 Å². The number of halogens is 1. The molecule has 5 atom stereocenters. The minimum absolute atomic E-state index is 0. The van der Waals surface area contributed by atoms with Crippen LogP contribution in [0, 0.1) is 24.2 Å². The molecule has 8 aromatic rings. The van der Waals surface area contributed by atoms with Crippen LogP contribution >= 0.6 is 25.8 Å². The summed E-state index contributed by atoms with van der Waals surface area (Å²) in [5.74, 6) is 5.55. The van der Waals surface area contributed by atoms with E-state index in [1.165, 1.54) is 40.2 Å². The van der Waals surface area contributed by atoms with Gasteiger partial charge in [0.25, 0.3) is 0 Å². The highest BCUT2D eigenvalue weighted by Crippen LogP contribution is 2.35. The van der Waals surface area contributed by atoms with Crippen molar-refractivity contribution in [2.45, 2.75) is 295 Å². The number of aromatic nitrogens is 8. The van der Waals surface area contributed by atoms with Gasteiger partial charge in [0.15, 0.2) is 0 Å². The number of fused-ring (bicyclic) bond motifs is 4. The number of amides is 11. The maximum absolute atomic E-state index is 13.0. The number of ether oxygens (including phenoxy) is 7. The van der Waals surface area contributed by atoms with Crippen LogP contribution < -0.4 is 49.3 Å². The zero-order valence-corrected chi connectivity index (χ0v) is 89.6. The smallest absolute Gasteiger partial charge is 0.410 e. The number of carbonyl (C=O) groups excluding carboxylic acids is 11. The molecule has 4 aromatic heterocycles. The lowest BCUT2D eigenvalue weighted by Crippen LogP contribution is -2.44. The first kappa shape index (κ1) is 115. The second kappa shape index (κ2) is 53.0. The van der Waals surface area contributed by atoms with E-state index < -0.39 is 64.6 Å². The highest BCUT2D eigenvalue weighted by molar-refractivity contribution is 9.10. The Bertz CT molecular complexity index is 6320. The van der Waals surface area contributed by atoms with Crippen molar-refractivity contribution >= 4 is 135 Å². The number of nitrogens with one attached hydrogen (secondary N) is 5. The van der Waals surface area contributed by atoms with Gasteiger partial charge in [0.05, 0.1) is 49.7 Å². The number of hydrogen-bond acceptors (Lipinski definition) is 23. The average molecular weight is 2100 g/mol. The molecule has 16 rings (SSSR count). The number of piperidine rings is 4. The molecular formula is C105H146BrN16O22P. The summed E-state index contributed by atoms with van der Waals surface area (Å²) in [6.45, 7) is 27.9. The van der Waals surface area contributed by atoms with E-state index in [4.69, 9.17) is 39.6 Å². The first-order chi connectivity index (χ1) is 68.6.